The first-order valence-electron chi connectivity index (χ1n) is 14.7. The molecule has 2 fully saturated rings. The SMILES string of the molecule is CN(CCN=C1CC(=O)c2nc(-c3cc(F)ccc3F)oc2C1=O)CCNc1cc(N2CCCC2)nc(N2CCCC2)n1. The monoisotopic (exact) mass is 592 g/mol. The van der Waals surface area contributed by atoms with Crippen LogP contribution in [0.25, 0.3) is 11.5 Å². The molecule has 0 radical (unpaired) electrons. The first-order valence-corrected chi connectivity index (χ1v) is 14.7. The Morgan fingerprint density at radius 3 is 2.49 bits per heavy atom. The van der Waals surface area contributed by atoms with Gasteiger partial charge in [0, 0.05) is 51.9 Å². The molecule has 226 valence electrons. The Morgan fingerprint density at radius 1 is 0.977 bits per heavy atom. The van der Waals surface area contributed by atoms with E-state index < -0.39 is 23.2 Å². The topological polar surface area (TPSA) is 120 Å². The summed E-state index contributed by atoms with van der Waals surface area (Å²) in [5, 5.41) is 3.44. The zero-order valence-corrected chi connectivity index (χ0v) is 24.1. The number of aromatic nitrogens is 3. The summed E-state index contributed by atoms with van der Waals surface area (Å²) in [5.74, 6) is -0.547. The van der Waals surface area contributed by atoms with E-state index in [1.807, 2.05) is 13.1 Å². The molecule has 43 heavy (non-hydrogen) atoms. The van der Waals surface area contributed by atoms with E-state index in [2.05, 4.69) is 30.0 Å². The highest BCUT2D eigenvalue weighted by molar-refractivity contribution is 6.51. The number of rotatable bonds is 10. The van der Waals surface area contributed by atoms with Crippen molar-refractivity contribution in [1.82, 2.24) is 19.9 Å². The van der Waals surface area contributed by atoms with Crippen molar-refractivity contribution in [1.29, 1.82) is 0 Å². The van der Waals surface area contributed by atoms with Crippen LogP contribution in [-0.4, -0.2) is 96.5 Å². The van der Waals surface area contributed by atoms with Gasteiger partial charge in [0.2, 0.25) is 23.4 Å². The van der Waals surface area contributed by atoms with Crippen molar-refractivity contribution in [3.05, 3.63) is 47.4 Å². The molecule has 13 heteroatoms. The van der Waals surface area contributed by atoms with E-state index in [0.29, 0.717) is 26.2 Å². The predicted octanol–water partition coefficient (Wildman–Crippen LogP) is 3.86. The largest absolute Gasteiger partial charge is 0.432 e. The number of nitrogens with zero attached hydrogens (tertiary/aromatic N) is 7. The third kappa shape index (κ3) is 6.41. The summed E-state index contributed by atoms with van der Waals surface area (Å²) in [6.07, 6.45) is 4.45. The predicted molar refractivity (Wildman–Crippen MR) is 158 cm³/mol. The number of ketones is 2. The second kappa shape index (κ2) is 12.5. The van der Waals surface area contributed by atoms with Crippen molar-refractivity contribution < 1.29 is 22.8 Å². The molecule has 2 saturated heterocycles. The van der Waals surface area contributed by atoms with E-state index in [9.17, 15) is 18.4 Å². The fraction of sp³-hybridized carbons (Fsp3) is 0.467. The van der Waals surface area contributed by atoms with Crippen LogP contribution >= 0.6 is 0 Å². The number of carbonyl (C=O) groups excluding carboxylic acids is 2. The van der Waals surface area contributed by atoms with Crippen LogP contribution in [-0.2, 0) is 0 Å². The third-order valence-corrected chi connectivity index (χ3v) is 7.95. The summed E-state index contributed by atoms with van der Waals surface area (Å²) in [6, 6.07) is 4.82. The number of likely N-dealkylation sites (N-methyl/N-ethyl adjacent to an activating group) is 1. The van der Waals surface area contributed by atoms with Crippen LogP contribution in [0.4, 0.5) is 26.4 Å². The highest BCUT2D eigenvalue weighted by Gasteiger charge is 2.35. The highest BCUT2D eigenvalue weighted by Crippen LogP contribution is 2.29. The zero-order valence-electron chi connectivity index (χ0n) is 24.1. The van der Waals surface area contributed by atoms with Crippen LogP contribution in [0.1, 0.15) is 53.1 Å². The lowest BCUT2D eigenvalue weighted by molar-refractivity contribution is 0.0949. The summed E-state index contributed by atoms with van der Waals surface area (Å²) in [6.45, 7) is 6.19. The molecule has 1 N–H and O–H groups in total. The highest BCUT2D eigenvalue weighted by atomic mass is 19.1. The van der Waals surface area contributed by atoms with Crippen molar-refractivity contribution in [3.8, 4) is 11.5 Å². The number of nitrogens with one attached hydrogen (secondary N) is 1. The quantitative estimate of drug-likeness (QED) is 0.372. The van der Waals surface area contributed by atoms with Gasteiger partial charge in [-0.05, 0) is 50.9 Å². The Hall–Kier alpha value is -4.26. The molecule has 0 saturated carbocycles. The molecule has 11 nitrogen and oxygen atoms in total. The molecule has 4 heterocycles. The second-order valence-electron chi connectivity index (χ2n) is 11.1. The van der Waals surface area contributed by atoms with Gasteiger partial charge in [0.05, 0.1) is 24.2 Å². The standard InChI is InChI=1S/C30H34F2N8O3/c1-38(15-9-34-24-18-25(39-10-2-3-11-39)36-30(35-24)40-12-4-5-13-40)14-8-33-22-17-23(41)26-28(27(22)42)43-29(37-26)20-16-19(31)6-7-21(20)32/h6-7,16,18H,2-5,8-15,17H2,1H3,(H,34,35,36). The molecule has 1 aliphatic carbocycles. The van der Waals surface area contributed by atoms with Gasteiger partial charge < -0.3 is 24.4 Å². The first-order chi connectivity index (χ1) is 20.9. The smallest absolute Gasteiger partial charge is 0.244 e. The van der Waals surface area contributed by atoms with Gasteiger partial charge in [-0.15, -0.1) is 0 Å². The minimum absolute atomic E-state index is 0.0660. The summed E-state index contributed by atoms with van der Waals surface area (Å²) in [4.78, 5) is 50.3. The average Bonchev–Trinajstić information content (AvgIpc) is 3.79. The Balaban J connectivity index is 1.04. The van der Waals surface area contributed by atoms with Gasteiger partial charge in [-0.2, -0.15) is 9.97 Å². The van der Waals surface area contributed by atoms with E-state index >= 15 is 0 Å². The number of aliphatic imine (C=N–C) groups is 1. The lowest BCUT2D eigenvalue weighted by Crippen LogP contribution is -2.30. The van der Waals surface area contributed by atoms with Crippen molar-refractivity contribution in [2.45, 2.75) is 32.1 Å². The average molecular weight is 593 g/mol. The molecule has 2 aromatic heterocycles. The number of benzene rings is 1. The normalized spacial score (nSPS) is 17.9. The number of hydrogen-bond donors (Lipinski definition) is 1. The molecule has 0 unspecified atom stereocenters. The van der Waals surface area contributed by atoms with Gasteiger partial charge in [-0.25, -0.2) is 13.8 Å². The van der Waals surface area contributed by atoms with Crippen LogP contribution in [0.3, 0.4) is 0 Å². The Bertz CT molecular complexity index is 1510. The van der Waals surface area contributed by atoms with Crippen LogP contribution in [0.15, 0.2) is 33.7 Å². The van der Waals surface area contributed by atoms with Gasteiger partial charge in [-0.3, -0.25) is 14.6 Å². The maximum Gasteiger partial charge on any atom is 0.244 e. The molecule has 0 bridgehead atoms. The number of fused-ring (bicyclic) bond motifs is 1. The molecule has 3 aliphatic rings. The number of oxazole rings is 1. The van der Waals surface area contributed by atoms with Gasteiger partial charge in [0.15, 0.2) is 11.5 Å². The zero-order chi connectivity index (χ0) is 29.9. The summed E-state index contributed by atoms with van der Waals surface area (Å²) >= 11 is 0. The summed E-state index contributed by atoms with van der Waals surface area (Å²) in [5.41, 5.74) is -0.377. The van der Waals surface area contributed by atoms with E-state index in [4.69, 9.17) is 14.4 Å². The van der Waals surface area contributed by atoms with E-state index in [1.165, 1.54) is 12.8 Å². The molecule has 6 rings (SSSR count). The Labute approximate surface area is 248 Å². The molecule has 0 amide bonds. The van der Waals surface area contributed by atoms with Gasteiger partial charge in [0.25, 0.3) is 0 Å². The molecule has 0 atom stereocenters. The number of hydrogen-bond acceptors (Lipinski definition) is 11. The maximum absolute atomic E-state index is 14.2. The van der Waals surface area contributed by atoms with E-state index in [0.717, 1.165) is 74.8 Å². The Morgan fingerprint density at radius 2 is 1.72 bits per heavy atom. The Kier molecular flexibility index (Phi) is 8.41. The lowest BCUT2D eigenvalue weighted by atomic mass is 9.97. The lowest BCUT2D eigenvalue weighted by Gasteiger charge is -2.22. The third-order valence-electron chi connectivity index (χ3n) is 7.95. The van der Waals surface area contributed by atoms with E-state index in [1.54, 1.807) is 0 Å². The number of carbonyl (C=O) groups is 2. The van der Waals surface area contributed by atoms with Crippen LogP contribution in [0.2, 0.25) is 0 Å². The van der Waals surface area contributed by atoms with Crippen LogP contribution in [0.5, 0.6) is 0 Å². The first kappa shape index (κ1) is 28.8. The summed E-state index contributed by atoms with van der Waals surface area (Å²) < 4.78 is 33.3. The number of anilines is 3. The van der Waals surface area contributed by atoms with Crippen molar-refractivity contribution >= 4 is 34.9 Å². The van der Waals surface area contributed by atoms with Gasteiger partial charge in [0.1, 0.15) is 23.3 Å². The molecular formula is C30H34F2N8O3. The number of Topliss-reactive ketones (excluding diaryl/α,β-unsaturated/α-hetero) is 2. The van der Waals surface area contributed by atoms with Crippen LogP contribution in [0, 0.1) is 11.6 Å². The van der Waals surface area contributed by atoms with Crippen molar-refractivity contribution in [2.24, 2.45) is 4.99 Å². The van der Waals surface area contributed by atoms with Crippen LogP contribution < -0.4 is 15.1 Å². The molecule has 2 aliphatic heterocycles. The maximum atomic E-state index is 14.2. The molecule has 3 aromatic rings. The number of halogens is 2. The van der Waals surface area contributed by atoms with E-state index in [-0.39, 0.29) is 35.0 Å². The van der Waals surface area contributed by atoms with Gasteiger partial charge in [-0.1, -0.05) is 0 Å². The minimum Gasteiger partial charge on any atom is -0.432 e. The molecule has 1 aromatic carbocycles. The molecular weight excluding hydrogens is 558 g/mol. The van der Waals surface area contributed by atoms with Crippen molar-refractivity contribution in [2.75, 3.05) is 74.5 Å². The minimum atomic E-state index is -0.773. The molecule has 0 spiro atoms. The van der Waals surface area contributed by atoms with Gasteiger partial charge >= 0.3 is 0 Å². The fourth-order valence-corrected chi connectivity index (χ4v) is 5.54. The fourth-order valence-electron chi connectivity index (χ4n) is 5.54. The second-order valence-corrected chi connectivity index (χ2v) is 11.1. The van der Waals surface area contributed by atoms with Crippen molar-refractivity contribution in [3.63, 3.8) is 0 Å². The summed E-state index contributed by atoms with van der Waals surface area (Å²) in [7, 11) is 1.95.